The number of aromatic nitrogens is 2. The van der Waals surface area contributed by atoms with Gasteiger partial charge in [-0.3, -0.25) is 4.79 Å². The maximum Gasteiger partial charge on any atom is 0.416 e. The van der Waals surface area contributed by atoms with Gasteiger partial charge in [0.05, 0.1) is 27.2 Å². The lowest BCUT2D eigenvalue weighted by atomic mass is 10.1. The lowest BCUT2D eigenvalue weighted by molar-refractivity contribution is -0.137. The van der Waals surface area contributed by atoms with E-state index in [-0.39, 0.29) is 16.8 Å². The summed E-state index contributed by atoms with van der Waals surface area (Å²) in [6.07, 6.45) is -3.24. The fourth-order valence-corrected chi connectivity index (χ4v) is 4.93. The van der Waals surface area contributed by atoms with Crippen LogP contribution < -0.4 is 5.56 Å². The summed E-state index contributed by atoms with van der Waals surface area (Å²) in [6.45, 7) is 0. The van der Waals surface area contributed by atoms with Gasteiger partial charge in [0.25, 0.3) is 5.56 Å². The molecule has 0 atom stereocenters. The first-order chi connectivity index (χ1) is 17.7. The molecule has 2 aromatic heterocycles. The van der Waals surface area contributed by atoms with Crippen molar-refractivity contribution in [1.29, 1.82) is 0 Å². The molecule has 0 N–H and O–H groups in total. The Balaban J connectivity index is 1.57. The van der Waals surface area contributed by atoms with Crippen LogP contribution in [0.25, 0.3) is 22.3 Å². The zero-order valence-corrected chi connectivity index (χ0v) is 21.7. The van der Waals surface area contributed by atoms with Crippen LogP contribution in [0, 0.1) is 0 Å². The molecule has 5 aromatic rings. The number of hydrogen-bond acceptors (Lipinski definition) is 5. The average Bonchev–Trinajstić information content (AvgIpc) is 3.23. The molecule has 0 spiro atoms. The Labute approximate surface area is 225 Å². The summed E-state index contributed by atoms with van der Waals surface area (Å²) in [6, 6.07) is 20.0. The normalized spacial score (nSPS) is 12.0. The Morgan fingerprint density at radius 2 is 1.78 bits per heavy atom. The summed E-state index contributed by atoms with van der Waals surface area (Å²) >= 11 is 10.7. The molecule has 5 rings (SSSR count). The molecular formula is C26H14BrClF3N3O2S. The summed E-state index contributed by atoms with van der Waals surface area (Å²) in [7, 11) is 0. The number of rotatable bonds is 5. The molecular weight excluding hydrogens is 591 g/mol. The lowest BCUT2D eigenvalue weighted by Gasteiger charge is -2.11. The van der Waals surface area contributed by atoms with Crippen molar-refractivity contribution in [2.24, 2.45) is 5.10 Å². The molecule has 37 heavy (non-hydrogen) atoms. The van der Waals surface area contributed by atoms with Gasteiger partial charge in [-0.2, -0.15) is 22.9 Å². The molecule has 0 bridgehead atoms. The highest BCUT2D eigenvalue weighted by Gasteiger charge is 2.31. The molecule has 0 aliphatic rings. The van der Waals surface area contributed by atoms with Crippen molar-refractivity contribution >= 4 is 56.4 Å². The third kappa shape index (κ3) is 5.51. The van der Waals surface area contributed by atoms with Crippen LogP contribution in [0.1, 0.15) is 11.3 Å². The second-order valence-corrected chi connectivity index (χ2v) is 10.1. The third-order valence-electron chi connectivity index (χ3n) is 5.20. The minimum atomic E-state index is -4.56. The van der Waals surface area contributed by atoms with Crippen LogP contribution >= 0.6 is 39.3 Å². The predicted molar refractivity (Wildman–Crippen MR) is 141 cm³/mol. The Morgan fingerprint density at radius 3 is 2.54 bits per heavy atom. The van der Waals surface area contributed by atoms with E-state index < -0.39 is 17.3 Å². The number of halogens is 5. The quantitative estimate of drug-likeness (QED) is 0.190. The third-order valence-corrected chi connectivity index (χ3v) is 7.30. The molecule has 0 amide bonds. The Kier molecular flexibility index (Phi) is 6.98. The van der Waals surface area contributed by atoms with Crippen LogP contribution in [0.4, 0.5) is 13.2 Å². The highest BCUT2D eigenvalue weighted by molar-refractivity contribution is 9.10. The van der Waals surface area contributed by atoms with Gasteiger partial charge in [-0.05, 0) is 64.5 Å². The number of benzene rings is 3. The maximum atomic E-state index is 13.4. The lowest BCUT2D eigenvalue weighted by Crippen LogP contribution is -2.20. The van der Waals surface area contributed by atoms with E-state index in [2.05, 4.69) is 26.0 Å². The van der Waals surface area contributed by atoms with Crippen LogP contribution in [0.15, 0.2) is 108 Å². The second kappa shape index (κ2) is 10.2. The largest absolute Gasteiger partial charge is 0.447 e. The van der Waals surface area contributed by atoms with Crippen molar-refractivity contribution in [2.45, 2.75) is 16.2 Å². The Morgan fingerprint density at radius 1 is 1.03 bits per heavy atom. The molecule has 0 unspecified atom stereocenters. The predicted octanol–water partition coefficient (Wildman–Crippen LogP) is 8.12. The zero-order valence-electron chi connectivity index (χ0n) is 18.5. The number of furan rings is 1. The fourth-order valence-electron chi connectivity index (χ4n) is 3.48. The zero-order chi connectivity index (χ0) is 26.2. The van der Waals surface area contributed by atoms with Crippen LogP contribution in [0.3, 0.4) is 0 Å². The van der Waals surface area contributed by atoms with E-state index in [1.165, 1.54) is 30.1 Å². The SMILES string of the molecule is O=c1c2ccccc2nc(-c2cccc(C(F)(F)F)c2)n1N=Cc1cc(Br)c(Sc2ccc(Cl)cc2)o1. The number of nitrogens with zero attached hydrogens (tertiary/aromatic N) is 3. The number of fused-ring (bicyclic) bond motifs is 1. The van der Waals surface area contributed by atoms with Gasteiger partial charge >= 0.3 is 6.18 Å². The van der Waals surface area contributed by atoms with E-state index in [9.17, 15) is 18.0 Å². The standard InChI is InChI=1S/C26H14BrClF3N3O2S/c27-21-13-18(36-25(21)37-19-10-8-17(28)9-11-19)14-32-34-23(15-4-3-5-16(12-15)26(29,30)31)33-22-7-2-1-6-20(22)24(34)35/h1-14H. The van der Waals surface area contributed by atoms with Gasteiger partial charge < -0.3 is 4.42 Å². The van der Waals surface area contributed by atoms with Gasteiger partial charge in [-0.1, -0.05) is 47.6 Å². The molecule has 186 valence electrons. The number of hydrogen-bond donors (Lipinski definition) is 0. The van der Waals surface area contributed by atoms with Gasteiger partial charge in [-0.15, -0.1) is 0 Å². The molecule has 11 heteroatoms. The molecule has 0 fully saturated rings. The second-order valence-electron chi connectivity index (χ2n) is 7.73. The summed E-state index contributed by atoms with van der Waals surface area (Å²) < 4.78 is 47.6. The Bertz CT molecular complexity index is 1700. The van der Waals surface area contributed by atoms with Gasteiger partial charge in [-0.25, -0.2) is 4.98 Å². The van der Waals surface area contributed by atoms with E-state index in [1.807, 2.05) is 12.1 Å². The molecule has 0 aliphatic carbocycles. The van der Waals surface area contributed by atoms with Crippen molar-refractivity contribution in [2.75, 3.05) is 0 Å². The first-order valence-electron chi connectivity index (χ1n) is 10.7. The summed E-state index contributed by atoms with van der Waals surface area (Å²) in [5, 5.41) is 5.69. The molecule has 3 aromatic carbocycles. The molecule has 0 aliphatic heterocycles. The van der Waals surface area contributed by atoms with E-state index >= 15 is 0 Å². The van der Waals surface area contributed by atoms with E-state index in [0.717, 1.165) is 21.7 Å². The van der Waals surface area contributed by atoms with E-state index in [4.69, 9.17) is 16.0 Å². The number of alkyl halides is 3. The van der Waals surface area contributed by atoms with Crippen LogP contribution in [0.2, 0.25) is 5.02 Å². The summed E-state index contributed by atoms with van der Waals surface area (Å²) in [4.78, 5) is 18.6. The highest BCUT2D eigenvalue weighted by Crippen LogP contribution is 2.36. The minimum absolute atomic E-state index is 0.0348. The summed E-state index contributed by atoms with van der Waals surface area (Å²) in [5.74, 6) is 0.283. The summed E-state index contributed by atoms with van der Waals surface area (Å²) in [5.41, 5.74) is -0.958. The van der Waals surface area contributed by atoms with Crippen molar-refractivity contribution in [3.05, 3.63) is 110 Å². The first-order valence-corrected chi connectivity index (χ1v) is 12.6. The van der Waals surface area contributed by atoms with Crippen molar-refractivity contribution in [3.8, 4) is 11.4 Å². The van der Waals surface area contributed by atoms with E-state index in [0.29, 0.717) is 25.9 Å². The molecule has 0 saturated heterocycles. The maximum absolute atomic E-state index is 13.4. The monoisotopic (exact) mass is 603 g/mol. The molecule has 2 heterocycles. The van der Waals surface area contributed by atoms with Gasteiger partial charge in [0.1, 0.15) is 5.76 Å². The van der Waals surface area contributed by atoms with Crippen LogP contribution in [-0.2, 0) is 6.18 Å². The van der Waals surface area contributed by atoms with Crippen molar-refractivity contribution < 1.29 is 17.6 Å². The molecule has 0 radical (unpaired) electrons. The molecule has 5 nitrogen and oxygen atoms in total. The van der Waals surface area contributed by atoms with Crippen molar-refractivity contribution in [3.63, 3.8) is 0 Å². The van der Waals surface area contributed by atoms with Gasteiger partial charge in [0.2, 0.25) is 0 Å². The van der Waals surface area contributed by atoms with Crippen LogP contribution in [0.5, 0.6) is 0 Å². The highest BCUT2D eigenvalue weighted by atomic mass is 79.9. The Hall–Kier alpha value is -3.34. The fraction of sp³-hybridized carbons (Fsp3) is 0.0385. The van der Waals surface area contributed by atoms with E-state index in [1.54, 1.807) is 42.5 Å². The average molecular weight is 605 g/mol. The van der Waals surface area contributed by atoms with Crippen LogP contribution in [-0.4, -0.2) is 15.9 Å². The topological polar surface area (TPSA) is 60.4 Å². The van der Waals surface area contributed by atoms with Gasteiger partial charge in [0, 0.05) is 21.5 Å². The first kappa shape index (κ1) is 25.3. The van der Waals surface area contributed by atoms with Crippen molar-refractivity contribution in [1.82, 2.24) is 9.66 Å². The number of para-hydroxylation sites is 1. The molecule has 0 saturated carbocycles. The smallest absolute Gasteiger partial charge is 0.416 e. The van der Waals surface area contributed by atoms with Gasteiger partial charge in [0.15, 0.2) is 10.9 Å². The minimum Gasteiger partial charge on any atom is -0.447 e.